The molecule has 4 heavy (non-hydrogen) atoms. The first kappa shape index (κ1) is 34.4. The summed E-state index contributed by atoms with van der Waals surface area (Å²) in [6, 6.07) is 0. The molecule has 0 aliphatic rings. The van der Waals surface area contributed by atoms with Crippen molar-refractivity contribution in [3.63, 3.8) is 0 Å². The van der Waals surface area contributed by atoms with Crippen molar-refractivity contribution in [3.8, 4) is 0 Å². The summed E-state index contributed by atoms with van der Waals surface area (Å²) >= 11 is 0. The van der Waals surface area contributed by atoms with Gasteiger partial charge in [0.2, 0.25) is 0 Å². The summed E-state index contributed by atoms with van der Waals surface area (Å²) in [5.41, 5.74) is 0. The van der Waals surface area contributed by atoms with Crippen molar-refractivity contribution in [1.82, 2.24) is 0 Å². The predicted octanol–water partition coefficient (Wildman–Crippen LogP) is -0.0100. The van der Waals surface area contributed by atoms with Gasteiger partial charge in [-0.1, -0.05) is 0 Å². The quantitative estimate of drug-likeness (QED) is 0.538. The largest absolute Gasteiger partial charge is 0 e. The van der Waals surface area contributed by atoms with Crippen LogP contribution in [0.25, 0.3) is 0 Å². The molecule has 0 N–H and O–H groups in total. The van der Waals surface area contributed by atoms with Crippen molar-refractivity contribution in [2.45, 2.75) is 0 Å². The van der Waals surface area contributed by atoms with Crippen LogP contribution in [0.5, 0.6) is 0 Å². The van der Waals surface area contributed by atoms with Gasteiger partial charge in [-0.2, -0.15) is 0 Å². The van der Waals surface area contributed by atoms with Crippen LogP contribution in [0, 0.1) is 0 Å². The molecule has 0 aliphatic heterocycles. The fourth-order valence-electron chi connectivity index (χ4n) is 0. The number of hydrogen-bond donors (Lipinski definition) is 0. The van der Waals surface area contributed by atoms with Crippen LogP contribution in [-0.4, -0.2) is 0 Å². The van der Waals surface area contributed by atoms with Crippen molar-refractivity contribution < 1.29 is 71.7 Å². The molecule has 0 rings (SSSR count). The Morgan fingerprint density at radius 2 is 1.00 bits per heavy atom. The molecule has 0 fully saturated rings. The fourth-order valence-corrected chi connectivity index (χ4v) is 0. The van der Waals surface area contributed by atoms with Crippen molar-refractivity contribution >= 4 is 0 Å². The van der Waals surface area contributed by atoms with Crippen molar-refractivity contribution in [2.75, 3.05) is 0 Å². The molecule has 0 aromatic carbocycles. The van der Waals surface area contributed by atoms with Crippen LogP contribution in [0.3, 0.4) is 0 Å². The monoisotopic (exact) mass is 353 g/mol. The summed E-state index contributed by atoms with van der Waals surface area (Å²) < 4.78 is 0. The zero-order chi connectivity index (χ0) is 0. The third-order valence-electron chi connectivity index (χ3n) is 0. The van der Waals surface area contributed by atoms with Gasteiger partial charge in [0.1, 0.15) is 0 Å². The Morgan fingerprint density at radius 3 is 1.00 bits per heavy atom. The summed E-state index contributed by atoms with van der Waals surface area (Å²) in [4.78, 5) is 0. The molecule has 0 aliphatic carbocycles. The minimum absolute atomic E-state index is 0. The van der Waals surface area contributed by atoms with E-state index in [1.165, 1.54) is 0 Å². The smallest absolute Gasteiger partial charge is 0 e. The van der Waals surface area contributed by atoms with E-state index in [9.17, 15) is 0 Å². The minimum atomic E-state index is 0. The van der Waals surface area contributed by atoms with Crippen LogP contribution in [0.15, 0.2) is 0 Å². The van der Waals surface area contributed by atoms with E-state index in [2.05, 4.69) is 0 Å². The van der Waals surface area contributed by atoms with Gasteiger partial charge in [0.25, 0.3) is 0 Å². The van der Waals surface area contributed by atoms with Crippen LogP contribution < -0.4 is 0 Å². The molecule has 0 unspecified atom stereocenters. The van der Waals surface area contributed by atoms with Crippen LogP contribution in [-0.2, 0) is 71.7 Å². The summed E-state index contributed by atoms with van der Waals surface area (Å²) in [6.07, 6.45) is 0. The maximum atomic E-state index is 0. The Labute approximate surface area is 71.0 Å². The Kier molecular flexibility index (Phi) is 162. The summed E-state index contributed by atoms with van der Waals surface area (Å²) in [6.45, 7) is 0. The molecule has 0 saturated carbocycles. The molecule has 0 aromatic heterocycles. The van der Waals surface area contributed by atoms with E-state index >= 15 is 0 Å². The fraction of sp³-hybridized carbons (Fsp3) is 0. The van der Waals surface area contributed by atoms with Gasteiger partial charge in [0, 0.05) is 71.7 Å². The van der Waals surface area contributed by atoms with E-state index < -0.39 is 0 Å². The van der Waals surface area contributed by atoms with Crippen LogP contribution >= 0.6 is 0 Å². The molecule has 31 valence electrons. The molecule has 4 heteroatoms. The second kappa shape index (κ2) is 18.9. The van der Waals surface area contributed by atoms with Gasteiger partial charge >= 0.3 is 0 Å². The van der Waals surface area contributed by atoms with Crippen LogP contribution in [0.2, 0.25) is 0 Å². The van der Waals surface area contributed by atoms with Gasteiger partial charge in [-0.15, -0.1) is 0 Å². The maximum absolute atomic E-state index is 0. The molecular weight excluding hydrogens is 353 g/mol. The first-order valence-corrected chi connectivity index (χ1v) is 0. The Bertz CT molecular complexity index is 8.00. The van der Waals surface area contributed by atoms with Crippen molar-refractivity contribution in [3.05, 3.63) is 0 Å². The van der Waals surface area contributed by atoms with Crippen LogP contribution in [0.1, 0.15) is 0 Å². The second-order valence-corrected chi connectivity index (χ2v) is 0. The molecule has 0 bridgehead atoms. The number of hydrogen-bond acceptors (Lipinski definition) is 0. The SMILES string of the molecule is [Fe].[Mn].[Ni].[W]. The zero-order valence-electron chi connectivity index (χ0n) is 1.46. The van der Waals surface area contributed by atoms with Gasteiger partial charge in [-0.3, -0.25) is 0 Å². The average molecular weight is 353 g/mol. The van der Waals surface area contributed by atoms with Gasteiger partial charge in [0.15, 0.2) is 0 Å². The van der Waals surface area contributed by atoms with Crippen LogP contribution in [0.4, 0.5) is 0 Å². The van der Waals surface area contributed by atoms with Crippen molar-refractivity contribution in [1.29, 1.82) is 0 Å². The van der Waals surface area contributed by atoms with Gasteiger partial charge < -0.3 is 0 Å². The van der Waals surface area contributed by atoms with Crippen molar-refractivity contribution in [2.24, 2.45) is 0 Å². The first-order valence-electron chi connectivity index (χ1n) is 0. The van der Waals surface area contributed by atoms with E-state index in [0.717, 1.165) is 0 Å². The van der Waals surface area contributed by atoms with E-state index in [1.54, 1.807) is 0 Å². The molecule has 0 nitrogen and oxygen atoms in total. The third kappa shape index (κ3) is 8.88. The normalized spacial score (nSPS) is 0. The summed E-state index contributed by atoms with van der Waals surface area (Å²) in [7, 11) is 0. The Balaban J connectivity index is 0. The van der Waals surface area contributed by atoms with E-state index in [-0.39, 0.29) is 71.7 Å². The molecule has 0 saturated heterocycles. The average Bonchev–Trinajstić information content (AvgIpc) is 0. The zero-order valence-corrected chi connectivity index (χ0v) is 7.66. The van der Waals surface area contributed by atoms with Gasteiger partial charge in [0.05, 0.1) is 0 Å². The second-order valence-electron chi connectivity index (χ2n) is 0. The predicted molar refractivity (Wildman–Crippen MR) is 0 cm³/mol. The third-order valence-corrected chi connectivity index (χ3v) is 0. The van der Waals surface area contributed by atoms with Gasteiger partial charge in [-0.25, -0.2) is 0 Å². The number of rotatable bonds is 0. The molecule has 0 spiro atoms. The standard InChI is InChI=1S/Fe.Mn.Ni.W. The molecule has 0 atom stereocenters. The molecular formula is FeMnNiW. The minimum Gasteiger partial charge on any atom is 0 e. The van der Waals surface area contributed by atoms with E-state index in [0.29, 0.717) is 0 Å². The Morgan fingerprint density at radius 1 is 1.00 bits per heavy atom. The summed E-state index contributed by atoms with van der Waals surface area (Å²) in [5, 5.41) is 0. The topological polar surface area (TPSA) is 0 Å². The van der Waals surface area contributed by atoms with Gasteiger partial charge in [-0.05, 0) is 0 Å². The first-order chi connectivity index (χ1) is 0. The molecule has 0 aromatic rings. The molecule has 0 amide bonds. The summed E-state index contributed by atoms with van der Waals surface area (Å²) in [5.74, 6) is 0. The Hall–Kier alpha value is 2.22. The maximum Gasteiger partial charge on any atom is 0 e. The van der Waals surface area contributed by atoms with E-state index in [4.69, 9.17) is 0 Å². The van der Waals surface area contributed by atoms with E-state index in [1.807, 2.05) is 0 Å². The molecule has 0 heterocycles. The molecule has 1 radical (unpaired) electrons.